The maximum Gasteiger partial charge on any atom is 0.191 e. The lowest BCUT2D eigenvalue weighted by molar-refractivity contribution is 0.783. The zero-order valence-electron chi connectivity index (χ0n) is 15.7. The number of hydrogen-bond acceptors (Lipinski definition) is 3. The van der Waals surface area contributed by atoms with Gasteiger partial charge in [0.1, 0.15) is 0 Å². The molecule has 2 aromatic heterocycles. The van der Waals surface area contributed by atoms with Gasteiger partial charge in [0, 0.05) is 24.2 Å². The smallest absolute Gasteiger partial charge is 0.191 e. The van der Waals surface area contributed by atoms with Crippen molar-refractivity contribution in [2.24, 2.45) is 4.99 Å². The second-order valence-electron chi connectivity index (χ2n) is 6.27. The highest BCUT2D eigenvalue weighted by molar-refractivity contribution is 7.10. The second kappa shape index (κ2) is 8.19. The lowest BCUT2D eigenvalue weighted by Crippen LogP contribution is -2.36. The molecule has 3 aromatic rings. The van der Waals surface area contributed by atoms with Gasteiger partial charge in [-0.25, -0.2) is 4.68 Å². The van der Waals surface area contributed by atoms with Crippen LogP contribution in [0.1, 0.15) is 27.4 Å². The molecule has 3 rings (SSSR count). The molecule has 5 nitrogen and oxygen atoms in total. The van der Waals surface area contributed by atoms with Gasteiger partial charge in [0.2, 0.25) is 0 Å². The minimum atomic E-state index is 0.678. The standard InChI is InChI=1S/C20H25N5S/c1-14-9-10-26-19(14)13-23-20(21-4)22-12-17-7-5-6-8-18(17)25-16(3)11-15(2)24-25/h5-11H,12-13H2,1-4H3,(H2,21,22,23). The van der Waals surface area contributed by atoms with E-state index in [9.17, 15) is 0 Å². The molecule has 26 heavy (non-hydrogen) atoms. The molecule has 6 heteroatoms. The van der Waals surface area contributed by atoms with Gasteiger partial charge < -0.3 is 10.6 Å². The molecule has 0 saturated carbocycles. The molecular weight excluding hydrogens is 342 g/mol. The normalized spacial score (nSPS) is 11.6. The first-order valence-corrected chi connectivity index (χ1v) is 9.55. The van der Waals surface area contributed by atoms with E-state index in [1.54, 1.807) is 18.4 Å². The van der Waals surface area contributed by atoms with E-state index in [1.165, 1.54) is 16.0 Å². The van der Waals surface area contributed by atoms with Crippen LogP contribution in [-0.2, 0) is 13.1 Å². The number of hydrogen-bond donors (Lipinski definition) is 2. The van der Waals surface area contributed by atoms with E-state index in [0.717, 1.165) is 29.6 Å². The van der Waals surface area contributed by atoms with E-state index >= 15 is 0 Å². The Morgan fingerprint density at radius 2 is 1.88 bits per heavy atom. The van der Waals surface area contributed by atoms with Crippen LogP contribution in [0.3, 0.4) is 0 Å². The lowest BCUT2D eigenvalue weighted by Gasteiger charge is -2.15. The minimum Gasteiger partial charge on any atom is -0.352 e. The maximum atomic E-state index is 4.61. The zero-order valence-corrected chi connectivity index (χ0v) is 16.5. The van der Waals surface area contributed by atoms with Crippen molar-refractivity contribution in [1.29, 1.82) is 0 Å². The molecule has 0 spiro atoms. The molecule has 0 saturated heterocycles. The van der Waals surface area contributed by atoms with Crippen molar-refractivity contribution >= 4 is 17.3 Å². The predicted molar refractivity (Wildman–Crippen MR) is 109 cm³/mol. The molecule has 1 aromatic carbocycles. The van der Waals surface area contributed by atoms with Crippen LogP contribution in [0.15, 0.2) is 46.8 Å². The molecule has 0 aliphatic heterocycles. The summed E-state index contributed by atoms with van der Waals surface area (Å²) in [6, 6.07) is 12.5. The number of nitrogens with zero attached hydrogens (tertiary/aromatic N) is 3. The van der Waals surface area contributed by atoms with Crippen LogP contribution in [0.2, 0.25) is 0 Å². The quantitative estimate of drug-likeness (QED) is 0.534. The van der Waals surface area contributed by atoms with Crippen LogP contribution in [0.5, 0.6) is 0 Å². The largest absolute Gasteiger partial charge is 0.352 e. The fourth-order valence-corrected chi connectivity index (χ4v) is 3.73. The Bertz CT molecular complexity index is 907. The molecule has 2 N–H and O–H groups in total. The number of aryl methyl sites for hydroxylation is 3. The average molecular weight is 368 g/mol. The summed E-state index contributed by atoms with van der Waals surface area (Å²) >= 11 is 1.76. The van der Waals surface area contributed by atoms with Gasteiger partial charge in [0.05, 0.1) is 17.9 Å². The molecule has 136 valence electrons. The first-order valence-electron chi connectivity index (χ1n) is 8.67. The average Bonchev–Trinajstić information content (AvgIpc) is 3.20. The summed E-state index contributed by atoms with van der Waals surface area (Å²) in [6.07, 6.45) is 0. The monoisotopic (exact) mass is 367 g/mol. The Labute approximate surface area is 158 Å². The van der Waals surface area contributed by atoms with E-state index in [1.807, 2.05) is 17.7 Å². The van der Waals surface area contributed by atoms with Crippen LogP contribution >= 0.6 is 11.3 Å². The Kier molecular flexibility index (Phi) is 5.73. The van der Waals surface area contributed by atoms with Gasteiger partial charge >= 0.3 is 0 Å². The van der Waals surface area contributed by atoms with Crippen LogP contribution in [-0.4, -0.2) is 22.8 Å². The van der Waals surface area contributed by atoms with Gasteiger partial charge in [-0.15, -0.1) is 11.3 Å². The molecule has 0 bridgehead atoms. The number of aliphatic imine (C=N–C) groups is 1. The van der Waals surface area contributed by atoms with Gasteiger partial charge in [-0.2, -0.15) is 5.10 Å². The van der Waals surface area contributed by atoms with Crippen molar-refractivity contribution in [3.8, 4) is 5.69 Å². The van der Waals surface area contributed by atoms with Crippen molar-refractivity contribution in [3.05, 3.63) is 69.2 Å². The second-order valence-corrected chi connectivity index (χ2v) is 7.27. The lowest BCUT2D eigenvalue weighted by atomic mass is 10.1. The van der Waals surface area contributed by atoms with E-state index in [2.05, 4.69) is 70.3 Å². The van der Waals surface area contributed by atoms with Gasteiger partial charge in [0.15, 0.2) is 5.96 Å². The third-order valence-electron chi connectivity index (χ3n) is 4.28. The van der Waals surface area contributed by atoms with E-state index < -0.39 is 0 Å². The highest BCUT2D eigenvalue weighted by Crippen LogP contribution is 2.17. The Hall–Kier alpha value is -2.60. The maximum absolute atomic E-state index is 4.61. The topological polar surface area (TPSA) is 54.2 Å². The summed E-state index contributed by atoms with van der Waals surface area (Å²) in [5.41, 5.74) is 5.73. The number of rotatable bonds is 5. The summed E-state index contributed by atoms with van der Waals surface area (Å²) in [5.74, 6) is 0.793. The molecule has 0 unspecified atom stereocenters. The molecule has 0 atom stereocenters. The number of guanidine groups is 1. The van der Waals surface area contributed by atoms with Gasteiger partial charge in [-0.1, -0.05) is 18.2 Å². The minimum absolute atomic E-state index is 0.678. The fourth-order valence-electron chi connectivity index (χ4n) is 2.89. The summed E-state index contributed by atoms with van der Waals surface area (Å²) in [4.78, 5) is 5.66. The van der Waals surface area contributed by atoms with E-state index in [0.29, 0.717) is 6.54 Å². The van der Waals surface area contributed by atoms with Crippen LogP contribution in [0.25, 0.3) is 5.69 Å². The van der Waals surface area contributed by atoms with Crippen LogP contribution in [0, 0.1) is 20.8 Å². The fraction of sp³-hybridized carbons (Fsp3) is 0.300. The Morgan fingerprint density at radius 3 is 2.54 bits per heavy atom. The Balaban J connectivity index is 1.69. The van der Waals surface area contributed by atoms with Gasteiger partial charge in [-0.05, 0) is 55.5 Å². The first-order chi connectivity index (χ1) is 12.6. The summed E-state index contributed by atoms with van der Waals surface area (Å²) in [7, 11) is 1.80. The Morgan fingerprint density at radius 1 is 1.12 bits per heavy atom. The van der Waals surface area contributed by atoms with Gasteiger partial charge in [-0.3, -0.25) is 4.99 Å². The van der Waals surface area contributed by atoms with Crippen molar-refractivity contribution in [3.63, 3.8) is 0 Å². The third-order valence-corrected chi connectivity index (χ3v) is 5.31. The van der Waals surface area contributed by atoms with Crippen LogP contribution < -0.4 is 10.6 Å². The van der Waals surface area contributed by atoms with E-state index in [-0.39, 0.29) is 0 Å². The number of nitrogens with one attached hydrogen (secondary N) is 2. The zero-order chi connectivity index (χ0) is 18.5. The summed E-state index contributed by atoms with van der Waals surface area (Å²) < 4.78 is 2.00. The molecule has 0 radical (unpaired) electrons. The number of para-hydroxylation sites is 1. The molecule has 0 fully saturated rings. The highest BCUT2D eigenvalue weighted by Gasteiger charge is 2.09. The van der Waals surface area contributed by atoms with Crippen molar-refractivity contribution in [1.82, 2.24) is 20.4 Å². The van der Waals surface area contributed by atoms with E-state index in [4.69, 9.17) is 0 Å². The predicted octanol–water partition coefficient (Wildman–Crippen LogP) is 3.72. The molecule has 0 aliphatic rings. The first kappa shape index (κ1) is 18.2. The molecule has 0 aliphatic carbocycles. The SMILES string of the molecule is CN=C(NCc1ccccc1-n1nc(C)cc1C)NCc1sccc1C. The summed E-state index contributed by atoms with van der Waals surface area (Å²) in [5, 5.41) is 13.5. The third kappa shape index (κ3) is 4.14. The molecule has 0 amide bonds. The van der Waals surface area contributed by atoms with Gasteiger partial charge in [0.25, 0.3) is 0 Å². The number of thiophene rings is 1. The highest BCUT2D eigenvalue weighted by atomic mass is 32.1. The number of aromatic nitrogens is 2. The van der Waals surface area contributed by atoms with Crippen molar-refractivity contribution < 1.29 is 0 Å². The molecular formula is C20H25N5S. The molecule has 2 heterocycles. The van der Waals surface area contributed by atoms with Crippen molar-refractivity contribution in [2.75, 3.05) is 7.05 Å². The van der Waals surface area contributed by atoms with Crippen LogP contribution in [0.4, 0.5) is 0 Å². The summed E-state index contributed by atoms with van der Waals surface area (Å²) in [6.45, 7) is 7.69. The number of benzene rings is 1. The van der Waals surface area contributed by atoms with Crippen molar-refractivity contribution in [2.45, 2.75) is 33.9 Å².